The summed E-state index contributed by atoms with van der Waals surface area (Å²) in [6, 6.07) is 17.1. The molecule has 7 nitrogen and oxygen atoms in total. The molecule has 7 heteroatoms. The van der Waals surface area contributed by atoms with Crippen LogP contribution in [0.1, 0.15) is 11.1 Å². The van der Waals surface area contributed by atoms with Crippen LogP contribution in [0.25, 0.3) is 17.0 Å². The maximum atomic E-state index is 12.2. The van der Waals surface area contributed by atoms with Gasteiger partial charge in [-0.3, -0.25) is 4.79 Å². The van der Waals surface area contributed by atoms with Crippen LogP contribution >= 0.6 is 0 Å². The summed E-state index contributed by atoms with van der Waals surface area (Å²) in [6.07, 6.45) is 4.01. The molecule has 0 radical (unpaired) electrons. The number of nitrogens with zero attached hydrogens (tertiary/aromatic N) is 2. The van der Waals surface area contributed by atoms with E-state index < -0.39 is 18.5 Å². The summed E-state index contributed by atoms with van der Waals surface area (Å²) in [5.74, 6) is -1.24. The molecule has 1 aromatic heterocycles. The van der Waals surface area contributed by atoms with Crippen molar-refractivity contribution in [2.24, 2.45) is 0 Å². The Balaban J connectivity index is 1.48. The maximum absolute atomic E-state index is 12.2. The van der Waals surface area contributed by atoms with Gasteiger partial charge < -0.3 is 19.9 Å². The molecule has 0 aliphatic heterocycles. The topological polar surface area (TPSA) is 98.2 Å². The van der Waals surface area contributed by atoms with E-state index in [0.717, 1.165) is 22.2 Å². The molecular formula is C24H24N4O3. The number of fused-ring (bicyclic) bond motifs is 1. The third kappa shape index (κ3) is 5.73. The summed E-state index contributed by atoms with van der Waals surface area (Å²) in [7, 11) is 3.85. The lowest BCUT2D eigenvalue weighted by Crippen LogP contribution is -2.30. The van der Waals surface area contributed by atoms with E-state index in [1.54, 1.807) is 12.1 Å². The number of nitriles is 1. The minimum Gasteiger partial charge on any atom is -0.451 e. The molecule has 31 heavy (non-hydrogen) atoms. The number of esters is 1. The number of hydrogen-bond acceptors (Lipinski definition) is 5. The van der Waals surface area contributed by atoms with Crippen molar-refractivity contribution in [1.82, 2.24) is 10.3 Å². The van der Waals surface area contributed by atoms with Gasteiger partial charge in [-0.25, -0.2) is 4.79 Å². The summed E-state index contributed by atoms with van der Waals surface area (Å²) < 4.78 is 4.99. The lowest BCUT2D eigenvalue weighted by molar-refractivity contribution is -0.144. The summed E-state index contributed by atoms with van der Waals surface area (Å²) in [5.41, 5.74) is 3.68. The van der Waals surface area contributed by atoms with Crippen LogP contribution in [0.5, 0.6) is 0 Å². The predicted octanol–water partition coefficient (Wildman–Crippen LogP) is 3.04. The Labute approximate surface area is 180 Å². The number of ether oxygens (including phenoxy) is 1. The molecule has 2 aromatic carbocycles. The van der Waals surface area contributed by atoms with Gasteiger partial charge >= 0.3 is 5.97 Å². The minimum absolute atomic E-state index is 0.163. The molecule has 0 spiro atoms. The van der Waals surface area contributed by atoms with Crippen LogP contribution in [0.3, 0.4) is 0 Å². The third-order valence-electron chi connectivity index (χ3n) is 4.79. The molecule has 0 atom stereocenters. The van der Waals surface area contributed by atoms with Gasteiger partial charge in [0.1, 0.15) is 11.6 Å². The highest BCUT2D eigenvalue weighted by molar-refractivity contribution is 5.98. The molecule has 0 saturated heterocycles. The zero-order chi connectivity index (χ0) is 22.2. The molecule has 3 rings (SSSR count). The van der Waals surface area contributed by atoms with E-state index in [1.807, 2.05) is 67.7 Å². The molecular weight excluding hydrogens is 392 g/mol. The number of anilines is 1. The first-order valence-corrected chi connectivity index (χ1v) is 9.86. The van der Waals surface area contributed by atoms with Crippen molar-refractivity contribution >= 4 is 34.5 Å². The fourth-order valence-electron chi connectivity index (χ4n) is 3.11. The van der Waals surface area contributed by atoms with E-state index >= 15 is 0 Å². The number of para-hydroxylation sites is 1. The number of carbonyl (C=O) groups excluding carboxylic acids is 2. The average molecular weight is 416 g/mol. The van der Waals surface area contributed by atoms with Crippen molar-refractivity contribution in [2.45, 2.75) is 6.42 Å². The van der Waals surface area contributed by atoms with E-state index in [-0.39, 0.29) is 5.57 Å². The van der Waals surface area contributed by atoms with Crippen LogP contribution in [0.4, 0.5) is 5.69 Å². The van der Waals surface area contributed by atoms with Gasteiger partial charge in [0.15, 0.2) is 6.61 Å². The number of rotatable bonds is 8. The molecule has 0 unspecified atom stereocenters. The van der Waals surface area contributed by atoms with E-state index in [1.165, 1.54) is 6.08 Å². The molecule has 1 heterocycles. The standard InChI is InChI=1S/C24H24N4O3/c1-28(2)20-9-7-17(8-10-20)13-19(14-25)24(30)31-16-23(29)26-12-11-18-15-27-22-6-4-3-5-21(18)22/h3-10,13,15,27H,11-12,16H2,1-2H3,(H,26,29)/b19-13+. The molecule has 0 saturated carbocycles. The van der Waals surface area contributed by atoms with Gasteiger partial charge in [-0.1, -0.05) is 30.3 Å². The van der Waals surface area contributed by atoms with Gasteiger partial charge in [0.25, 0.3) is 5.91 Å². The highest BCUT2D eigenvalue weighted by Crippen LogP contribution is 2.18. The fourth-order valence-corrected chi connectivity index (χ4v) is 3.11. The lowest BCUT2D eigenvalue weighted by Gasteiger charge is -2.11. The quantitative estimate of drug-likeness (QED) is 0.334. The first-order valence-electron chi connectivity index (χ1n) is 9.86. The van der Waals surface area contributed by atoms with Crippen molar-refractivity contribution < 1.29 is 14.3 Å². The van der Waals surface area contributed by atoms with Gasteiger partial charge in [0.2, 0.25) is 0 Å². The van der Waals surface area contributed by atoms with Crippen LogP contribution in [-0.2, 0) is 20.7 Å². The van der Waals surface area contributed by atoms with Crippen LogP contribution < -0.4 is 10.2 Å². The number of nitrogens with one attached hydrogen (secondary N) is 2. The van der Waals surface area contributed by atoms with Gasteiger partial charge in [0, 0.05) is 43.4 Å². The number of H-pyrrole nitrogens is 1. The van der Waals surface area contributed by atoms with Crippen molar-refractivity contribution in [1.29, 1.82) is 5.26 Å². The highest BCUT2D eigenvalue weighted by Gasteiger charge is 2.13. The fraction of sp³-hybridized carbons (Fsp3) is 0.208. The minimum atomic E-state index is -0.828. The second kappa shape index (κ2) is 10.1. The summed E-state index contributed by atoms with van der Waals surface area (Å²) in [6.45, 7) is -0.0251. The van der Waals surface area contributed by atoms with Crippen LogP contribution in [0.15, 0.2) is 60.3 Å². The SMILES string of the molecule is CN(C)c1ccc(/C=C(\C#N)C(=O)OCC(=O)NCCc2c[nH]c3ccccc23)cc1. The largest absolute Gasteiger partial charge is 0.451 e. The first kappa shape index (κ1) is 21.7. The Morgan fingerprint density at radius 2 is 1.90 bits per heavy atom. The third-order valence-corrected chi connectivity index (χ3v) is 4.79. The molecule has 2 N–H and O–H groups in total. The van der Waals surface area contributed by atoms with Gasteiger partial charge in [-0.05, 0) is 41.8 Å². The van der Waals surface area contributed by atoms with Crippen LogP contribution in [-0.4, -0.2) is 44.1 Å². The number of hydrogen-bond donors (Lipinski definition) is 2. The van der Waals surface area contributed by atoms with Crippen LogP contribution in [0, 0.1) is 11.3 Å². The van der Waals surface area contributed by atoms with E-state index in [4.69, 9.17) is 4.74 Å². The molecule has 1 amide bonds. The average Bonchev–Trinajstić information content (AvgIpc) is 3.19. The number of aromatic amines is 1. The zero-order valence-corrected chi connectivity index (χ0v) is 17.5. The normalized spacial score (nSPS) is 11.1. The first-order chi connectivity index (χ1) is 15.0. The molecule has 3 aromatic rings. The van der Waals surface area contributed by atoms with Gasteiger partial charge in [-0.15, -0.1) is 0 Å². The Bertz CT molecular complexity index is 1140. The number of benzene rings is 2. The smallest absolute Gasteiger partial charge is 0.349 e. The second-order valence-corrected chi connectivity index (χ2v) is 7.19. The van der Waals surface area contributed by atoms with E-state index in [9.17, 15) is 14.9 Å². The predicted molar refractivity (Wildman–Crippen MR) is 120 cm³/mol. The van der Waals surface area contributed by atoms with Gasteiger partial charge in [-0.2, -0.15) is 5.26 Å². The van der Waals surface area contributed by atoms with Crippen molar-refractivity contribution in [3.8, 4) is 6.07 Å². The Morgan fingerprint density at radius 3 is 2.61 bits per heavy atom. The van der Waals surface area contributed by atoms with Crippen molar-refractivity contribution in [3.63, 3.8) is 0 Å². The second-order valence-electron chi connectivity index (χ2n) is 7.19. The van der Waals surface area contributed by atoms with Gasteiger partial charge in [0.05, 0.1) is 0 Å². The molecule has 158 valence electrons. The monoisotopic (exact) mass is 416 g/mol. The lowest BCUT2D eigenvalue weighted by atomic mass is 10.1. The number of carbonyl (C=O) groups is 2. The summed E-state index contributed by atoms with van der Waals surface area (Å²) in [5, 5.41) is 13.1. The van der Waals surface area contributed by atoms with E-state index in [0.29, 0.717) is 18.5 Å². The molecule has 0 aliphatic carbocycles. The molecule has 0 aliphatic rings. The highest BCUT2D eigenvalue weighted by atomic mass is 16.5. The summed E-state index contributed by atoms with van der Waals surface area (Å²) in [4.78, 5) is 29.3. The Hall–Kier alpha value is -4.05. The Kier molecular flexibility index (Phi) is 7.07. The van der Waals surface area contributed by atoms with Crippen molar-refractivity contribution in [2.75, 3.05) is 32.1 Å². The number of amides is 1. The summed E-state index contributed by atoms with van der Waals surface area (Å²) >= 11 is 0. The molecule has 0 fully saturated rings. The van der Waals surface area contributed by atoms with Crippen molar-refractivity contribution in [3.05, 3.63) is 71.4 Å². The zero-order valence-electron chi connectivity index (χ0n) is 17.5. The van der Waals surface area contributed by atoms with Crippen LogP contribution in [0.2, 0.25) is 0 Å². The maximum Gasteiger partial charge on any atom is 0.349 e. The molecule has 0 bridgehead atoms. The Morgan fingerprint density at radius 1 is 1.16 bits per heavy atom. The number of aromatic nitrogens is 1. The van der Waals surface area contributed by atoms with E-state index in [2.05, 4.69) is 10.3 Å².